The Labute approximate surface area is 137 Å². The maximum atomic E-state index is 12.4. The first-order chi connectivity index (χ1) is 11.0. The van der Waals surface area contributed by atoms with Crippen LogP contribution in [-0.2, 0) is 9.59 Å². The fourth-order valence-corrected chi connectivity index (χ4v) is 2.58. The molecule has 1 atom stereocenters. The predicted octanol–water partition coefficient (Wildman–Crippen LogP) is 0.570. The monoisotopic (exact) mass is 378 g/mol. The number of aromatic amines is 2. The van der Waals surface area contributed by atoms with E-state index < -0.39 is 23.2 Å². The highest BCUT2D eigenvalue weighted by molar-refractivity contribution is 9.10. The number of hydrogen-bond donors (Lipinski definition) is 3. The second-order valence-electron chi connectivity index (χ2n) is 4.93. The van der Waals surface area contributed by atoms with Gasteiger partial charge < -0.3 is 10.3 Å². The summed E-state index contributed by atoms with van der Waals surface area (Å²) in [7, 11) is 0. The Morgan fingerprint density at radius 1 is 1.13 bits per heavy atom. The Morgan fingerprint density at radius 2 is 1.83 bits per heavy atom. The number of rotatable bonds is 3. The summed E-state index contributed by atoms with van der Waals surface area (Å²) in [6.45, 7) is 0. The summed E-state index contributed by atoms with van der Waals surface area (Å²) in [6, 6.07) is 5.88. The molecule has 2 aromatic rings. The standard InChI is InChI=1S/C14H11BrN4O4/c15-7-1-3-8(4-2-7)19-11(20)5-9(13(19)22)17-10-6-16-14(23)18-12(10)21/h1-4,6,9,17H,5H2,(H2,16,18,21,23)/t9-/m1/s1. The largest absolute Gasteiger partial charge is 0.368 e. The van der Waals surface area contributed by atoms with Gasteiger partial charge in [0.25, 0.3) is 11.5 Å². The number of halogens is 1. The highest BCUT2D eigenvalue weighted by Gasteiger charge is 2.39. The summed E-state index contributed by atoms with van der Waals surface area (Å²) < 4.78 is 0.829. The number of carbonyl (C=O) groups is 2. The normalized spacial score (nSPS) is 17.6. The van der Waals surface area contributed by atoms with E-state index in [1.54, 1.807) is 24.3 Å². The highest BCUT2D eigenvalue weighted by atomic mass is 79.9. The Bertz CT molecular complexity index is 887. The number of H-pyrrole nitrogens is 2. The number of aromatic nitrogens is 2. The zero-order valence-corrected chi connectivity index (χ0v) is 13.2. The van der Waals surface area contributed by atoms with Crippen molar-refractivity contribution < 1.29 is 9.59 Å². The molecule has 0 saturated carbocycles. The van der Waals surface area contributed by atoms with E-state index in [0.717, 1.165) is 9.37 Å². The molecule has 1 aliphatic rings. The second-order valence-corrected chi connectivity index (χ2v) is 5.85. The lowest BCUT2D eigenvalue weighted by Crippen LogP contribution is -2.36. The summed E-state index contributed by atoms with van der Waals surface area (Å²) in [6.07, 6.45) is 1.09. The topological polar surface area (TPSA) is 115 Å². The third-order valence-corrected chi connectivity index (χ3v) is 3.91. The average Bonchev–Trinajstić information content (AvgIpc) is 2.78. The van der Waals surface area contributed by atoms with E-state index in [1.807, 2.05) is 4.98 Å². The molecule has 1 saturated heterocycles. The fraction of sp³-hybridized carbons (Fsp3) is 0.143. The molecule has 2 amide bonds. The molecule has 9 heteroatoms. The van der Waals surface area contributed by atoms with Gasteiger partial charge in [-0.2, -0.15) is 0 Å². The van der Waals surface area contributed by atoms with E-state index in [-0.39, 0.29) is 18.0 Å². The summed E-state index contributed by atoms with van der Waals surface area (Å²) in [5.41, 5.74) is -0.821. The van der Waals surface area contributed by atoms with Gasteiger partial charge in [-0.3, -0.25) is 19.4 Å². The second kappa shape index (κ2) is 5.84. The Balaban J connectivity index is 1.85. The first kappa shape index (κ1) is 15.2. The van der Waals surface area contributed by atoms with E-state index in [9.17, 15) is 19.2 Å². The lowest BCUT2D eigenvalue weighted by Gasteiger charge is -2.15. The zero-order chi connectivity index (χ0) is 16.6. The first-order valence-electron chi connectivity index (χ1n) is 6.66. The van der Waals surface area contributed by atoms with Crippen molar-refractivity contribution in [1.29, 1.82) is 0 Å². The smallest absolute Gasteiger partial charge is 0.325 e. The third kappa shape index (κ3) is 2.95. The molecule has 23 heavy (non-hydrogen) atoms. The van der Waals surface area contributed by atoms with E-state index in [4.69, 9.17) is 0 Å². The fourth-order valence-electron chi connectivity index (χ4n) is 2.31. The molecular weight excluding hydrogens is 368 g/mol. The number of carbonyl (C=O) groups excluding carboxylic acids is 2. The molecule has 8 nitrogen and oxygen atoms in total. The molecule has 2 heterocycles. The minimum absolute atomic E-state index is 0.0217. The van der Waals surface area contributed by atoms with Crippen LogP contribution in [0.25, 0.3) is 0 Å². The Kier molecular flexibility index (Phi) is 3.87. The van der Waals surface area contributed by atoms with Gasteiger partial charge in [0.2, 0.25) is 5.91 Å². The van der Waals surface area contributed by atoms with Gasteiger partial charge in [-0.1, -0.05) is 15.9 Å². The van der Waals surface area contributed by atoms with Crippen molar-refractivity contribution >= 4 is 39.1 Å². The van der Waals surface area contributed by atoms with Crippen LogP contribution in [0.3, 0.4) is 0 Å². The Hall–Kier alpha value is -2.68. The summed E-state index contributed by atoms with van der Waals surface area (Å²) in [5, 5.41) is 2.69. The minimum atomic E-state index is -0.863. The van der Waals surface area contributed by atoms with Crippen LogP contribution in [0.2, 0.25) is 0 Å². The number of hydrogen-bond acceptors (Lipinski definition) is 5. The third-order valence-electron chi connectivity index (χ3n) is 3.38. The van der Waals surface area contributed by atoms with E-state index in [0.29, 0.717) is 5.69 Å². The molecule has 0 aliphatic carbocycles. The van der Waals surface area contributed by atoms with Crippen LogP contribution in [0.15, 0.2) is 44.5 Å². The Morgan fingerprint density at radius 3 is 2.48 bits per heavy atom. The van der Waals surface area contributed by atoms with Crippen LogP contribution in [0.5, 0.6) is 0 Å². The van der Waals surface area contributed by atoms with Gasteiger partial charge in [0.05, 0.1) is 12.1 Å². The van der Waals surface area contributed by atoms with Gasteiger partial charge in [0, 0.05) is 10.7 Å². The van der Waals surface area contributed by atoms with Crippen LogP contribution in [0.1, 0.15) is 6.42 Å². The van der Waals surface area contributed by atoms with Crippen LogP contribution in [-0.4, -0.2) is 27.8 Å². The molecule has 0 unspecified atom stereocenters. The molecule has 0 spiro atoms. The molecule has 1 aliphatic heterocycles. The van der Waals surface area contributed by atoms with Gasteiger partial charge >= 0.3 is 5.69 Å². The molecule has 3 rings (SSSR count). The van der Waals surface area contributed by atoms with Gasteiger partial charge in [0.15, 0.2) is 0 Å². The van der Waals surface area contributed by atoms with Crippen molar-refractivity contribution in [3.8, 4) is 0 Å². The minimum Gasteiger partial charge on any atom is -0.368 e. The van der Waals surface area contributed by atoms with Gasteiger partial charge in [-0.05, 0) is 24.3 Å². The van der Waals surface area contributed by atoms with E-state index in [1.165, 1.54) is 6.20 Å². The maximum Gasteiger partial charge on any atom is 0.325 e. The quantitative estimate of drug-likeness (QED) is 0.675. The number of anilines is 2. The molecule has 1 aromatic carbocycles. The molecular formula is C14H11BrN4O4. The van der Waals surface area contributed by atoms with E-state index >= 15 is 0 Å². The molecule has 3 N–H and O–H groups in total. The zero-order valence-electron chi connectivity index (χ0n) is 11.6. The molecule has 118 valence electrons. The van der Waals surface area contributed by atoms with E-state index in [2.05, 4.69) is 26.2 Å². The van der Waals surface area contributed by atoms with Crippen molar-refractivity contribution in [3.05, 3.63) is 55.8 Å². The van der Waals surface area contributed by atoms with Crippen molar-refractivity contribution in [2.24, 2.45) is 0 Å². The number of amides is 2. The maximum absolute atomic E-state index is 12.4. The van der Waals surface area contributed by atoms with Crippen molar-refractivity contribution in [3.63, 3.8) is 0 Å². The molecule has 1 aromatic heterocycles. The summed E-state index contributed by atoms with van der Waals surface area (Å²) in [4.78, 5) is 52.6. The number of nitrogens with one attached hydrogen (secondary N) is 3. The van der Waals surface area contributed by atoms with Crippen molar-refractivity contribution in [2.45, 2.75) is 12.5 Å². The van der Waals surface area contributed by atoms with Crippen LogP contribution in [0.4, 0.5) is 11.4 Å². The highest BCUT2D eigenvalue weighted by Crippen LogP contribution is 2.25. The molecule has 0 bridgehead atoms. The van der Waals surface area contributed by atoms with Gasteiger partial charge in [-0.25, -0.2) is 9.69 Å². The van der Waals surface area contributed by atoms with Crippen LogP contribution < -0.4 is 21.5 Å². The lowest BCUT2D eigenvalue weighted by atomic mass is 10.2. The number of imide groups is 1. The molecule has 0 radical (unpaired) electrons. The van der Waals surface area contributed by atoms with Crippen molar-refractivity contribution in [2.75, 3.05) is 10.2 Å². The summed E-state index contributed by atoms with van der Waals surface area (Å²) >= 11 is 3.29. The summed E-state index contributed by atoms with van der Waals surface area (Å²) in [5.74, 6) is -0.821. The van der Waals surface area contributed by atoms with Crippen molar-refractivity contribution in [1.82, 2.24) is 9.97 Å². The van der Waals surface area contributed by atoms with Gasteiger partial charge in [0.1, 0.15) is 11.7 Å². The first-order valence-corrected chi connectivity index (χ1v) is 7.46. The number of benzene rings is 1. The average molecular weight is 379 g/mol. The van der Waals surface area contributed by atoms with Crippen LogP contribution in [0, 0.1) is 0 Å². The lowest BCUT2D eigenvalue weighted by molar-refractivity contribution is -0.121. The number of nitrogens with zero attached hydrogens (tertiary/aromatic N) is 1. The predicted molar refractivity (Wildman–Crippen MR) is 86.3 cm³/mol. The molecule has 1 fully saturated rings. The SMILES string of the molecule is O=C1C[C@@H](Nc2c[nH]c(=O)[nH]c2=O)C(=O)N1c1ccc(Br)cc1. The van der Waals surface area contributed by atoms with Crippen LogP contribution >= 0.6 is 15.9 Å². The van der Waals surface area contributed by atoms with Gasteiger partial charge in [-0.15, -0.1) is 0 Å².